The largest absolute Gasteiger partial charge is 0.496 e. The lowest BCUT2D eigenvalue weighted by molar-refractivity contribution is 0.202. The van der Waals surface area contributed by atoms with Crippen molar-refractivity contribution >= 4 is 0 Å². The number of rotatable bonds is 4. The molecule has 1 aliphatic heterocycles. The first-order chi connectivity index (χ1) is 11.7. The second-order valence-corrected chi connectivity index (χ2v) is 6.40. The van der Waals surface area contributed by atoms with Gasteiger partial charge in [0.1, 0.15) is 29.2 Å². The maximum absolute atomic E-state index is 14.3. The topological polar surface area (TPSA) is 27.7 Å². The smallest absolute Gasteiger partial charge is 0.130 e. The molecule has 4 heteroatoms. The number of halogens is 1. The van der Waals surface area contributed by atoms with E-state index in [1.54, 1.807) is 13.2 Å². The second-order valence-electron chi connectivity index (χ2n) is 6.40. The molecule has 24 heavy (non-hydrogen) atoms. The first-order valence-corrected chi connectivity index (χ1v) is 8.50. The number of hydrogen-bond acceptors (Lipinski definition) is 3. The number of benzene rings is 2. The minimum atomic E-state index is -0.281. The zero-order valence-electron chi connectivity index (χ0n) is 14.0. The van der Waals surface area contributed by atoms with Crippen LogP contribution in [0.4, 0.5) is 4.39 Å². The van der Waals surface area contributed by atoms with E-state index in [4.69, 9.17) is 14.2 Å². The van der Waals surface area contributed by atoms with E-state index in [0.717, 1.165) is 48.7 Å². The van der Waals surface area contributed by atoms with Gasteiger partial charge in [-0.05, 0) is 37.5 Å². The van der Waals surface area contributed by atoms with Crippen LogP contribution in [0, 0.1) is 5.82 Å². The maximum atomic E-state index is 14.3. The van der Waals surface area contributed by atoms with Crippen molar-refractivity contribution in [2.75, 3.05) is 13.7 Å². The van der Waals surface area contributed by atoms with Crippen molar-refractivity contribution < 1.29 is 18.6 Å². The van der Waals surface area contributed by atoms with Crippen LogP contribution in [0.5, 0.6) is 17.2 Å². The lowest BCUT2D eigenvalue weighted by Crippen LogP contribution is -2.06. The SMILES string of the molecule is CC[C@@H]1COc2cc(O[C@@H]3CCc4c(OC)ccc(F)c43)ccc21. The highest BCUT2D eigenvalue weighted by Crippen LogP contribution is 2.43. The molecule has 1 heterocycles. The molecule has 0 spiro atoms. The molecule has 0 saturated heterocycles. The van der Waals surface area contributed by atoms with Crippen LogP contribution in [0.3, 0.4) is 0 Å². The van der Waals surface area contributed by atoms with E-state index in [1.165, 1.54) is 11.6 Å². The van der Waals surface area contributed by atoms with Crippen molar-refractivity contribution in [1.29, 1.82) is 0 Å². The van der Waals surface area contributed by atoms with Crippen molar-refractivity contribution in [3.05, 3.63) is 52.8 Å². The van der Waals surface area contributed by atoms with Gasteiger partial charge in [0.25, 0.3) is 0 Å². The molecule has 2 aromatic carbocycles. The Hall–Kier alpha value is -2.23. The van der Waals surface area contributed by atoms with Gasteiger partial charge < -0.3 is 14.2 Å². The molecular weight excluding hydrogens is 307 g/mol. The average molecular weight is 328 g/mol. The summed E-state index contributed by atoms with van der Waals surface area (Å²) in [6, 6.07) is 9.11. The van der Waals surface area contributed by atoms with Crippen LogP contribution in [-0.2, 0) is 6.42 Å². The number of hydrogen-bond donors (Lipinski definition) is 0. The Bertz CT molecular complexity index is 772. The monoisotopic (exact) mass is 328 g/mol. The molecule has 3 nitrogen and oxygen atoms in total. The first kappa shape index (κ1) is 15.3. The number of ether oxygens (including phenoxy) is 3. The minimum absolute atomic E-state index is 0.225. The molecule has 2 atom stereocenters. The summed E-state index contributed by atoms with van der Waals surface area (Å²) >= 11 is 0. The molecule has 0 unspecified atom stereocenters. The highest BCUT2D eigenvalue weighted by molar-refractivity contribution is 5.48. The zero-order chi connectivity index (χ0) is 16.7. The highest BCUT2D eigenvalue weighted by atomic mass is 19.1. The molecule has 0 saturated carbocycles. The van der Waals surface area contributed by atoms with Crippen molar-refractivity contribution in [1.82, 2.24) is 0 Å². The quantitative estimate of drug-likeness (QED) is 0.808. The molecule has 1 aliphatic carbocycles. The molecule has 0 N–H and O–H groups in total. The lowest BCUT2D eigenvalue weighted by atomic mass is 9.99. The van der Waals surface area contributed by atoms with Gasteiger partial charge in [-0.15, -0.1) is 0 Å². The Labute approximate surface area is 141 Å². The summed E-state index contributed by atoms with van der Waals surface area (Å²) in [7, 11) is 1.61. The van der Waals surface area contributed by atoms with Crippen LogP contribution in [0.25, 0.3) is 0 Å². The molecule has 2 aliphatic rings. The van der Waals surface area contributed by atoms with E-state index in [2.05, 4.69) is 13.0 Å². The summed E-state index contributed by atoms with van der Waals surface area (Å²) in [5.74, 6) is 2.59. The van der Waals surface area contributed by atoms with Gasteiger partial charge in [-0.3, -0.25) is 0 Å². The molecule has 0 fully saturated rings. The van der Waals surface area contributed by atoms with Gasteiger partial charge in [-0.25, -0.2) is 4.39 Å². The van der Waals surface area contributed by atoms with Crippen LogP contribution in [-0.4, -0.2) is 13.7 Å². The Kier molecular flexibility index (Phi) is 3.83. The van der Waals surface area contributed by atoms with Gasteiger partial charge in [0, 0.05) is 28.7 Å². The molecule has 0 bridgehead atoms. The summed E-state index contributed by atoms with van der Waals surface area (Å²) in [5, 5.41) is 0. The summed E-state index contributed by atoms with van der Waals surface area (Å²) < 4.78 is 31.5. The average Bonchev–Trinajstić information content (AvgIpc) is 3.20. The standard InChI is InChI=1S/C20H21FO3/c1-3-12-11-23-19-10-13(4-5-14(12)19)24-18-8-6-15-17(22-2)9-7-16(21)20(15)18/h4-5,7,9-10,12,18H,3,6,8,11H2,1-2H3/t12-,18-/m1/s1. The predicted molar refractivity (Wildman–Crippen MR) is 89.6 cm³/mol. The maximum Gasteiger partial charge on any atom is 0.130 e. The Balaban J connectivity index is 1.61. The third-order valence-corrected chi connectivity index (χ3v) is 5.10. The van der Waals surface area contributed by atoms with E-state index in [9.17, 15) is 4.39 Å². The Morgan fingerprint density at radius 1 is 1.25 bits per heavy atom. The van der Waals surface area contributed by atoms with Crippen molar-refractivity contribution in [3.63, 3.8) is 0 Å². The van der Waals surface area contributed by atoms with Gasteiger partial charge in [0.2, 0.25) is 0 Å². The van der Waals surface area contributed by atoms with Crippen molar-refractivity contribution in [2.45, 2.75) is 38.2 Å². The van der Waals surface area contributed by atoms with Gasteiger partial charge >= 0.3 is 0 Å². The van der Waals surface area contributed by atoms with Crippen LogP contribution in [0.2, 0.25) is 0 Å². The fraction of sp³-hybridized carbons (Fsp3) is 0.400. The van der Waals surface area contributed by atoms with Crippen LogP contribution in [0.15, 0.2) is 30.3 Å². The van der Waals surface area contributed by atoms with E-state index < -0.39 is 0 Å². The molecule has 0 radical (unpaired) electrons. The molecular formula is C20H21FO3. The Morgan fingerprint density at radius 2 is 2.12 bits per heavy atom. The van der Waals surface area contributed by atoms with Gasteiger partial charge in [-0.2, -0.15) is 0 Å². The summed E-state index contributed by atoms with van der Waals surface area (Å²) in [5.41, 5.74) is 2.79. The van der Waals surface area contributed by atoms with Crippen LogP contribution >= 0.6 is 0 Å². The second kappa shape index (κ2) is 6.00. The zero-order valence-corrected chi connectivity index (χ0v) is 14.0. The first-order valence-electron chi connectivity index (χ1n) is 8.50. The predicted octanol–water partition coefficient (Wildman–Crippen LogP) is 4.79. The van der Waals surface area contributed by atoms with E-state index >= 15 is 0 Å². The molecule has 2 aromatic rings. The van der Waals surface area contributed by atoms with Crippen LogP contribution < -0.4 is 14.2 Å². The van der Waals surface area contributed by atoms with Crippen LogP contribution in [0.1, 0.15) is 48.5 Å². The van der Waals surface area contributed by atoms with Crippen molar-refractivity contribution in [3.8, 4) is 17.2 Å². The van der Waals surface area contributed by atoms with Gasteiger partial charge in [0.05, 0.1) is 13.7 Å². The molecule has 4 rings (SSSR count). The Morgan fingerprint density at radius 3 is 2.92 bits per heavy atom. The lowest BCUT2D eigenvalue weighted by Gasteiger charge is -2.17. The van der Waals surface area contributed by atoms with Gasteiger partial charge in [-0.1, -0.05) is 13.0 Å². The van der Waals surface area contributed by atoms with Crippen molar-refractivity contribution in [2.24, 2.45) is 0 Å². The van der Waals surface area contributed by atoms with Gasteiger partial charge in [0.15, 0.2) is 0 Å². The molecule has 0 amide bonds. The molecule has 0 aromatic heterocycles. The van der Waals surface area contributed by atoms with E-state index in [1.807, 2.05) is 12.1 Å². The third-order valence-electron chi connectivity index (χ3n) is 5.10. The number of fused-ring (bicyclic) bond motifs is 2. The highest BCUT2D eigenvalue weighted by Gasteiger charge is 2.31. The summed E-state index contributed by atoms with van der Waals surface area (Å²) in [6.45, 7) is 2.90. The van der Waals surface area contributed by atoms with E-state index in [-0.39, 0.29) is 11.9 Å². The fourth-order valence-corrected chi connectivity index (χ4v) is 3.78. The minimum Gasteiger partial charge on any atom is -0.496 e. The molecule has 126 valence electrons. The fourth-order valence-electron chi connectivity index (χ4n) is 3.78. The summed E-state index contributed by atoms with van der Waals surface area (Å²) in [4.78, 5) is 0. The van der Waals surface area contributed by atoms with E-state index in [0.29, 0.717) is 11.5 Å². The summed E-state index contributed by atoms with van der Waals surface area (Å²) in [6.07, 6.45) is 2.30. The third kappa shape index (κ3) is 2.41. The number of methoxy groups -OCH3 is 1. The normalized spacial score (nSPS) is 21.1.